The Morgan fingerprint density at radius 3 is 2.62 bits per heavy atom. The molecule has 1 heterocycles. The van der Waals surface area contributed by atoms with Crippen LogP contribution in [0.2, 0.25) is 15.1 Å². The summed E-state index contributed by atoms with van der Waals surface area (Å²) in [5.74, 6) is 0.444. The van der Waals surface area contributed by atoms with Gasteiger partial charge in [-0.15, -0.1) is 0 Å². The van der Waals surface area contributed by atoms with E-state index in [-0.39, 0.29) is 6.04 Å². The molecule has 0 bridgehead atoms. The maximum Gasteiger partial charge on any atom is 0.128 e. The number of anilines is 1. The lowest BCUT2D eigenvalue weighted by atomic mass is 9.99. The van der Waals surface area contributed by atoms with Crippen molar-refractivity contribution in [1.82, 2.24) is 10.3 Å². The molecule has 0 fully saturated rings. The predicted molar refractivity (Wildman–Crippen MR) is 90.3 cm³/mol. The number of nitrogens with one attached hydrogen (secondary N) is 1. The van der Waals surface area contributed by atoms with Crippen LogP contribution in [0.1, 0.15) is 30.5 Å². The highest BCUT2D eigenvalue weighted by Gasteiger charge is 2.18. The summed E-state index contributed by atoms with van der Waals surface area (Å²) in [6, 6.07) is 7.21. The zero-order valence-corrected chi connectivity index (χ0v) is 13.8. The normalized spacial score (nSPS) is 12.4. The smallest absolute Gasteiger partial charge is 0.128 e. The van der Waals surface area contributed by atoms with Crippen molar-refractivity contribution in [3.8, 4) is 0 Å². The Morgan fingerprint density at radius 2 is 1.95 bits per heavy atom. The van der Waals surface area contributed by atoms with Crippen molar-refractivity contribution in [2.45, 2.75) is 19.4 Å². The first-order chi connectivity index (χ1) is 10.0. The zero-order chi connectivity index (χ0) is 15.4. The minimum atomic E-state index is -0.133. The molecule has 0 aliphatic rings. The summed E-state index contributed by atoms with van der Waals surface area (Å²) >= 11 is 18.1. The van der Waals surface area contributed by atoms with Crippen molar-refractivity contribution < 1.29 is 0 Å². The molecule has 2 rings (SSSR count). The molecule has 1 aromatic heterocycles. The van der Waals surface area contributed by atoms with Gasteiger partial charge in [0.1, 0.15) is 5.82 Å². The van der Waals surface area contributed by atoms with E-state index in [9.17, 15) is 0 Å². The van der Waals surface area contributed by atoms with E-state index in [0.717, 1.165) is 24.1 Å². The Morgan fingerprint density at radius 1 is 1.19 bits per heavy atom. The van der Waals surface area contributed by atoms with Gasteiger partial charge in [0.15, 0.2) is 0 Å². The topological polar surface area (TPSA) is 50.9 Å². The van der Waals surface area contributed by atoms with Crippen LogP contribution in [0.25, 0.3) is 0 Å². The van der Waals surface area contributed by atoms with Crippen molar-refractivity contribution in [1.29, 1.82) is 0 Å². The molecular formula is C15H16Cl3N3. The van der Waals surface area contributed by atoms with E-state index in [1.54, 1.807) is 6.07 Å². The number of hydrogen-bond acceptors (Lipinski definition) is 3. The first kappa shape index (κ1) is 16.4. The first-order valence-electron chi connectivity index (χ1n) is 6.62. The van der Waals surface area contributed by atoms with Crippen LogP contribution in [0.15, 0.2) is 30.5 Å². The standard InChI is InChI=1S/C15H16Cl3N3/c1-2-5-20-14(9-3-4-12(17)13(18)6-9)11-7-10(16)8-21-15(11)19/h3-4,6-8,14,20H,2,5H2,1H3,(H2,19,21). The summed E-state index contributed by atoms with van der Waals surface area (Å²) in [6.07, 6.45) is 2.53. The Balaban J connectivity index is 2.46. The second-order valence-corrected chi connectivity index (χ2v) is 5.94. The van der Waals surface area contributed by atoms with E-state index in [0.29, 0.717) is 20.9 Å². The van der Waals surface area contributed by atoms with Crippen LogP contribution in [0.4, 0.5) is 5.82 Å². The third-order valence-electron chi connectivity index (χ3n) is 3.10. The molecule has 0 spiro atoms. The predicted octanol–water partition coefficient (Wildman–Crippen LogP) is 4.71. The number of halogens is 3. The minimum absolute atomic E-state index is 0.133. The van der Waals surface area contributed by atoms with Crippen LogP contribution in [0.5, 0.6) is 0 Å². The molecule has 0 aliphatic heterocycles. The molecule has 1 aromatic carbocycles. The highest BCUT2D eigenvalue weighted by Crippen LogP contribution is 2.31. The summed E-state index contributed by atoms with van der Waals surface area (Å²) in [5.41, 5.74) is 7.79. The van der Waals surface area contributed by atoms with Gasteiger partial charge in [0.05, 0.1) is 21.1 Å². The summed E-state index contributed by atoms with van der Waals surface area (Å²) in [7, 11) is 0. The maximum absolute atomic E-state index is 6.12. The number of nitrogens with zero attached hydrogens (tertiary/aromatic N) is 1. The molecule has 0 aliphatic carbocycles. The second-order valence-electron chi connectivity index (χ2n) is 4.69. The lowest BCUT2D eigenvalue weighted by Gasteiger charge is -2.21. The number of rotatable bonds is 5. The van der Waals surface area contributed by atoms with Crippen LogP contribution < -0.4 is 11.1 Å². The molecule has 1 atom stereocenters. The molecule has 6 heteroatoms. The van der Waals surface area contributed by atoms with Crippen molar-refractivity contribution in [2.24, 2.45) is 0 Å². The third kappa shape index (κ3) is 4.01. The average molecular weight is 345 g/mol. The molecule has 0 radical (unpaired) electrons. The van der Waals surface area contributed by atoms with E-state index in [1.807, 2.05) is 18.2 Å². The lowest BCUT2D eigenvalue weighted by Crippen LogP contribution is -2.24. The summed E-state index contributed by atoms with van der Waals surface area (Å²) in [6.45, 7) is 2.93. The van der Waals surface area contributed by atoms with E-state index < -0.39 is 0 Å². The molecule has 0 amide bonds. The van der Waals surface area contributed by atoms with E-state index >= 15 is 0 Å². The van der Waals surface area contributed by atoms with Crippen molar-refractivity contribution in [3.05, 3.63) is 56.7 Å². The van der Waals surface area contributed by atoms with E-state index in [2.05, 4.69) is 17.2 Å². The van der Waals surface area contributed by atoms with Crippen LogP contribution in [0, 0.1) is 0 Å². The van der Waals surface area contributed by atoms with E-state index in [1.165, 1.54) is 6.20 Å². The highest BCUT2D eigenvalue weighted by molar-refractivity contribution is 6.42. The molecule has 1 unspecified atom stereocenters. The third-order valence-corrected chi connectivity index (χ3v) is 4.05. The lowest BCUT2D eigenvalue weighted by molar-refractivity contribution is 0.598. The van der Waals surface area contributed by atoms with Crippen LogP contribution in [-0.4, -0.2) is 11.5 Å². The Labute approximate surface area is 139 Å². The number of pyridine rings is 1. The maximum atomic E-state index is 6.12. The number of aromatic nitrogens is 1. The molecule has 3 nitrogen and oxygen atoms in total. The summed E-state index contributed by atoms with van der Waals surface area (Å²) in [4.78, 5) is 4.12. The van der Waals surface area contributed by atoms with Gasteiger partial charge in [-0.2, -0.15) is 0 Å². The van der Waals surface area contributed by atoms with Gasteiger partial charge in [0.25, 0.3) is 0 Å². The number of benzene rings is 1. The highest BCUT2D eigenvalue weighted by atomic mass is 35.5. The SMILES string of the molecule is CCCNC(c1ccc(Cl)c(Cl)c1)c1cc(Cl)cnc1N. The molecule has 21 heavy (non-hydrogen) atoms. The summed E-state index contributed by atoms with van der Waals surface area (Å²) in [5, 5.41) is 5.01. The summed E-state index contributed by atoms with van der Waals surface area (Å²) < 4.78 is 0. The fourth-order valence-electron chi connectivity index (χ4n) is 2.08. The van der Waals surface area contributed by atoms with Gasteiger partial charge in [-0.25, -0.2) is 4.98 Å². The van der Waals surface area contributed by atoms with Crippen molar-refractivity contribution in [2.75, 3.05) is 12.3 Å². The van der Waals surface area contributed by atoms with Crippen molar-refractivity contribution >= 4 is 40.6 Å². The molecule has 0 saturated heterocycles. The fraction of sp³-hybridized carbons (Fsp3) is 0.267. The van der Waals surface area contributed by atoms with Gasteiger partial charge in [-0.05, 0) is 36.7 Å². The Kier molecular flexibility index (Phi) is 5.71. The quantitative estimate of drug-likeness (QED) is 0.825. The van der Waals surface area contributed by atoms with E-state index in [4.69, 9.17) is 40.5 Å². The first-order valence-corrected chi connectivity index (χ1v) is 7.75. The largest absolute Gasteiger partial charge is 0.383 e. The van der Waals surface area contributed by atoms with Crippen LogP contribution >= 0.6 is 34.8 Å². The van der Waals surface area contributed by atoms with Gasteiger partial charge < -0.3 is 11.1 Å². The fourth-order valence-corrected chi connectivity index (χ4v) is 2.56. The van der Waals surface area contributed by atoms with Gasteiger partial charge in [0, 0.05) is 11.8 Å². The zero-order valence-electron chi connectivity index (χ0n) is 11.5. The molecular weight excluding hydrogens is 329 g/mol. The monoisotopic (exact) mass is 343 g/mol. The van der Waals surface area contributed by atoms with Crippen LogP contribution in [-0.2, 0) is 0 Å². The van der Waals surface area contributed by atoms with Gasteiger partial charge in [0.2, 0.25) is 0 Å². The minimum Gasteiger partial charge on any atom is -0.383 e. The van der Waals surface area contributed by atoms with Gasteiger partial charge in [-0.1, -0.05) is 47.8 Å². The molecule has 3 N–H and O–H groups in total. The Bertz CT molecular complexity index is 632. The number of nitrogens with two attached hydrogens (primary N) is 1. The molecule has 0 saturated carbocycles. The second kappa shape index (κ2) is 7.32. The average Bonchev–Trinajstić information content (AvgIpc) is 2.46. The van der Waals surface area contributed by atoms with Crippen LogP contribution in [0.3, 0.4) is 0 Å². The Hall–Kier alpha value is -1.00. The van der Waals surface area contributed by atoms with Crippen molar-refractivity contribution in [3.63, 3.8) is 0 Å². The molecule has 2 aromatic rings. The van der Waals surface area contributed by atoms with Gasteiger partial charge in [-0.3, -0.25) is 0 Å². The number of hydrogen-bond donors (Lipinski definition) is 2. The number of nitrogen functional groups attached to an aromatic ring is 1. The van der Waals surface area contributed by atoms with Gasteiger partial charge >= 0.3 is 0 Å². The molecule has 112 valence electrons.